The topological polar surface area (TPSA) is 73.2 Å². The van der Waals surface area contributed by atoms with Gasteiger partial charge in [-0.05, 0) is 38.0 Å². The highest BCUT2D eigenvalue weighted by atomic mass is 32.2. The van der Waals surface area contributed by atoms with Gasteiger partial charge < -0.3 is 10.1 Å². The van der Waals surface area contributed by atoms with Gasteiger partial charge in [0.25, 0.3) is 5.56 Å². The first kappa shape index (κ1) is 22.1. The van der Waals surface area contributed by atoms with Gasteiger partial charge in [-0.25, -0.2) is 4.98 Å². The predicted octanol–water partition coefficient (Wildman–Crippen LogP) is 3.62. The maximum Gasteiger partial charge on any atom is 0.262 e. The van der Waals surface area contributed by atoms with E-state index in [9.17, 15) is 9.59 Å². The van der Waals surface area contributed by atoms with Crippen molar-refractivity contribution in [2.24, 2.45) is 0 Å². The third-order valence-corrected chi connectivity index (χ3v) is 5.45. The summed E-state index contributed by atoms with van der Waals surface area (Å²) in [4.78, 5) is 30.0. The van der Waals surface area contributed by atoms with Crippen molar-refractivity contribution in [2.45, 2.75) is 44.6 Å². The van der Waals surface area contributed by atoms with E-state index >= 15 is 0 Å². The number of carbonyl (C=O) groups excluding carboxylic acids is 1. The van der Waals surface area contributed by atoms with E-state index in [0.717, 1.165) is 5.56 Å². The molecular weight excluding hydrogens is 398 g/mol. The number of hydrogen-bond donors (Lipinski definition) is 1. The van der Waals surface area contributed by atoms with E-state index in [0.29, 0.717) is 42.2 Å². The molecule has 1 aromatic heterocycles. The summed E-state index contributed by atoms with van der Waals surface area (Å²) in [6.07, 6.45) is 0.852. The fraction of sp³-hybridized carbons (Fsp3) is 0.348. The maximum atomic E-state index is 13.0. The Morgan fingerprint density at radius 2 is 1.87 bits per heavy atom. The number of carbonyl (C=O) groups is 1. The summed E-state index contributed by atoms with van der Waals surface area (Å²) in [7, 11) is 0. The van der Waals surface area contributed by atoms with Crippen LogP contribution in [0.1, 0.15) is 25.8 Å². The molecule has 3 rings (SSSR count). The van der Waals surface area contributed by atoms with Crippen molar-refractivity contribution in [1.29, 1.82) is 0 Å². The Labute approximate surface area is 180 Å². The summed E-state index contributed by atoms with van der Waals surface area (Å²) < 4.78 is 7.25. The lowest BCUT2D eigenvalue weighted by Gasteiger charge is -2.14. The molecule has 0 saturated heterocycles. The first-order valence-corrected chi connectivity index (χ1v) is 11.1. The highest BCUT2D eigenvalue weighted by Crippen LogP contribution is 2.18. The molecule has 158 valence electrons. The van der Waals surface area contributed by atoms with Gasteiger partial charge in [0.1, 0.15) is 0 Å². The van der Waals surface area contributed by atoms with Gasteiger partial charge in [0.2, 0.25) is 5.91 Å². The third kappa shape index (κ3) is 6.18. The average molecular weight is 426 g/mol. The van der Waals surface area contributed by atoms with Gasteiger partial charge in [0, 0.05) is 19.7 Å². The van der Waals surface area contributed by atoms with Crippen LogP contribution in [0.4, 0.5) is 0 Å². The maximum absolute atomic E-state index is 13.0. The molecule has 3 aromatic rings. The molecule has 2 aromatic carbocycles. The molecule has 0 spiro atoms. The van der Waals surface area contributed by atoms with Crippen molar-refractivity contribution >= 4 is 28.6 Å². The van der Waals surface area contributed by atoms with Crippen LogP contribution in [0.3, 0.4) is 0 Å². The van der Waals surface area contributed by atoms with Crippen LogP contribution in [0, 0.1) is 0 Å². The van der Waals surface area contributed by atoms with Crippen molar-refractivity contribution in [3.8, 4) is 0 Å². The lowest BCUT2D eigenvalue weighted by atomic mass is 10.2. The molecule has 0 radical (unpaired) electrons. The fourth-order valence-corrected chi connectivity index (χ4v) is 3.83. The quantitative estimate of drug-likeness (QED) is 0.305. The second-order valence-electron chi connectivity index (χ2n) is 7.19. The molecule has 1 heterocycles. The van der Waals surface area contributed by atoms with Crippen LogP contribution in [-0.4, -0.2) is 33.9 Å². The number of hydrogen-bond acceptors (Lipinski definition) is 5. The molecule has 1 amide bonds. The van der Waals surface area contributed by atoms with Gasteiger partial charge >= 0.3 is 0 Å². The zero-order chi connectivity index (χ0) is 21.3. The predicted molar refractivity (Wildman–Crippen MR) is 121 cm³/mol. The molecule has 0 unspecified atom stereocenters. The molecule has 0 fully saturated rings. The standard InChI is InChI=1S/C23H27N3O3S/c1-17(2)29-14-8-13-26-22(28)19-11-6-7-12-20(19)25-23(26)30-16-21(27)24-15-18-9-4-3-5-10-18/h3-7,9-12,17H,8,13-16H2,1-2H3,(H,24,27). The molecule has 0 atom stereocenters. The number of para-hydroxylation sites is 1. The second kappa shape index (κ2) is 10.9. The summed E-state index contributed by atoms with van der Waals surface area (Å²) in [6, 6.07) is 17.1. The van der Waals surface area contributed by atoms with Gasteiger partial charge in [-0.1, -0.05) is 54.2 Å². The largest absolute Gasteiger partial charge is 0.379 e. The van der Waals surface area contributed by atoms with E-state index in [-0.39, 0.29) is 23.3 Å². The molecule has 0 aliphatic rings. The summed E-state index contributed by atoms with van der Waals surface area (Å²) in [5.41, 5.74) is 1.60. The molecule has 1 N–H and O–H groups in total. The van der Waals surface area contributed by atoms with Crippen LogP contribution in [0.15, 0.2) is 64.5 Å². The Morgan fingerprint density at radius 1 is 1.13 bits per heavy atom. The molecule has 7 heteroatoms. The van der Waals surface area contributed by atoms with Crippen LogP contribution in [0.25, 0.3) is 10.9 Å². The van der Waals surface area contributed by atoms with E-state index in [1.54, 1.807) is 10.6 Å². The van der Waals surface area contributed by atoms with E-state index in [1.807, 2.05) is 62.4 Å². The minimum Gasteiger partial charge on any atom is -0.379 e. The van der Waals surface area contributed by atoms with Gasteiger partial charge in [-0.2, -0.15) is 0 Å². The van der Waals surface area contributed by atoms with Crippen molar-refractivity contribution in [3.05, 3.63) is 70.5 Å². The van der Waals surface area contributed by atoms with Crippen LogP contribution in [0.5, 0.6) is 0 Å². The van der Waals surface area contributed by atoms with Crippen molar-refractivity contribution in [2.75, 3.05) is 12.4 Å². The molecule has 0 bridgehead atoms. The second-order valence-corrected chi connectivity index (χ2v) is 8.13. The Kier molecular flexibility index (Phi) is 8.04. The number of nitrogens with one attached hydrogen (secondary N) is 1. The average Bonchev–Trinajstić information content (AvgIpc) is 2.75. The first-order valence-electron chi connectivity index (χ1n) is 10.1. The first-order chi connectivity index (χ1) is 14.5. The number of fused-ring (bicyclic) bond motifs is 1. The number of benzene rings is 2. The summed E-state index contributed by atoms with van der Waals surface area (Å²) in [5.74, 6) is 0.0982. The van der Waals surface area contributed by atoms with E-state index in [2.05, 4.69) is 10.3 Å². The van der Waals surface area contributed by atoms with Gasteiger partial charge in [0.15, 0.2) is 5.16 Å². The zero-order valence-corrected chi connectivity index (χ0v) is 18.2. The smallest absolute Gasteiger partial charge is 0.262 e. The van der Waals surface area contributed by atoms with Crippen LogP contribution in [0.2, 0.25) is 0 Å². The Morgan fingerprint density at radius 3 is 2.63 bits per heavy atom. The molecular formula is C23H27N3O3S. The summed E-state index contributed by atoms with van der Waals surface area (Å²) >= 11 is 1.28. The zero-order valence-electron chi connectivity index (χ0n) is 17.3. The lowest BCUT2D eigenvalue weighted by Crippen LogP contribution is -2.27. The van der Waals surface area contributed by atoms with Crippen LogP contribution >= 0.6 is 11.8 Å². The monoisotopic (exact) mass is 425 g/mol. The molecule has 30 heavy (non-hydrogen) atoms. The molecule has 0 saturated carbocycles. The number of ether oxygens (including phenoxy) is 1. The number of aromatic nitrogens is 2. The van der Waals surface area contributed by atoms with Crippen LogP contribution < -0.4 is 10.9 Å². The third-order valence-electron chi connectivity index (χ3n) is 4.47. The van der Waals surface area contributed by atoms with Crippen molar-refractivity contribution < 1.29 is 9.53 Å². The SMILES string of the molecule is CC(C)OCCCn1c(SCC(=O)NCc2ccccc2)nc2ccccc2c1=O. The number of rotatable bonds is 10. The number of nitrogens with zero attached hydrogens (tertiary/aromatic N) is 2. The van der Waals surface area contributed by atoms with E-state index < -0.39 is 0 Å². The van der Waals surface area contributed by atoms with Gasteiger partial charge in [-0.3, -0.25) is 14.2 Å². The van der Waals surface area contributed by atoms with Crippen LogP contribution in [-0.2, 0) is 22.6 Å². The van der Waals surface area contributed by atoms with E-state index in [4.69, 9.17) is 4.74 Å². The molecule has 0 aliphatic heterocycles. The normalized spacial score (nSPS) is 11.2. The van der Waals surface area contributed by atoms with Gasteiger partial charge in [-0.15, -0.1) is 0 Å². The van der Waals surface area contributed by atoms with Crippen molar-refractivity contribution in [1.82, 2.24) is 14.9 Å². The Bertz CT molecular complexity index is 1030. The highest BCUT2D eigenvalue weighted by Gasteiger charge is 2.13. The number of amides is 1. The summed E-state index contributed by atoms with van der Waals surface area (Å²) in [6.45, 7) is 5.51. The molecule has 0 aliphatic carbocycles. The fourth-order valence-electron chi connectivity index (χ4n) is 2.97. The minimum atomic E-state index is -0.0963. The Balaban J connectivity index is 1.70. The highest BCUT2D eigenvalue weighted by molar-refractivity contribution is 7.99. The van der Waals surface area contributed by atoms with Crippen molar-refractivity contribution in [3.63, 3.8) is 0 Å². The summed E-state index contributed by atoms with van der Waals surface area (Å²) in [5, 5.41) is 4.05. The lowest BCUT2D eigenvalue weighted by molar-refractivity contribution is -0.118. The van der Waals surface area contributed by atoms with Gasteiger partial charge in [0.05, 0.1) is 22.8 Å². The Hall–Kier alpha value is -2.64. The number of thioether (sulfide) groups is 1. The van der Waals surface area contributed by atoms with E-state index in [1.165, 1.54) is 11.8 Å². The minimum absolute atomic E-state index is 0.0858. The molecule has 6 nitrogen and oxygen atoms in total.